The van der Waals surface area contributed by atoms with E-state index in [0.29, 0.717) is 33.6 Å². The third kappa shape index (κ3) is 4.06. The van der Waals surface area contributed by atoms with Gasteiger partial charge < -0.3 is 9.84 Å². The number of nitrogens with zero attached hydrogens (tertiary/aromatic N) is 2. The van der Waals surface area contributed by atoms with Gasteiger partial charge in [0.15, 0.2) is 5.13 Å². The van der Waals surface area contributed by atoms with Crippen LogP contribution in [0.1, 0.15) is 30.5 Å². The number of ketones is 1. The van der Waals surface area contributed by atoms with Crippen molar-refractivity contribution in [1.82, 2.24) is 4.98 Å². The normalized spacial score (nSPS) is 17.9. The summed E-state index contributed by atoms with van der Waals surface area (Å²) in [7, 11) is 0. The van der Waals surface area contributed by atoms with Crippen LogP contribution >= 0.6 is 22.9 Å². The maximum atomic E-state index is 13.0. The van der Waals surface area contributed by atoms with Gasteiger partial charge in [0.05, 0.1) is 18.2 Å². The Hall–Kier alpha value is -3.16. The summed E-state index contributed by atoms with van der Waals surface area (Å²) in [5.74, 6) is -1.16. The number of aromatic nitrogens is 1. The molecular formula is C23H19ClN2O4S. The lowest BCUT2D eigenvalue weighted by Gasteiger charge is -2.23. The van der Waals surface area contributed by atoms with Crippen molar-refractivity contribution in [3.63, 3.8) is 0 Å². The molecule has 1 unspecified atom stereocenters. The molecule has 1 amide bonds. The van der Waals surface area contributed by atoms with Crippen LogP contribution in [0.4, 0.5) is 5.13 Å². The monoisotopic (exact) mass is 454 g/mol. The molecule has 0 saturated carbocycles. The van der Waals surface area contributed by atoms with Crippen molar-refractivity contribution in [3.8, 4) is 5.75 Å². The Labute approximate surface area is 188 Å². The standard InChI is InChI=1S/C23H19ClN2O4S/c1-2-11-30-17-5-3-4-15(13-17)19-18(20(27)14-6-8-16(24)9-7-14)21(28)22(29)26(19)23-25-10-12-31-23/h3-10,12-13,19,27H,2,11H2,1H3. The maximum Gasteiger partial charge on any atom is 0.301 e. The topological polar surface area (TPSA) is 79.7 Å². The molecule has 1 saturated heterocycles. The molecule has 1 atom stereocenters. The van der Waals surface area contributed by atoms with E-state index in [-0.39, 0.29) is 11.3 Å². The van der Waals surface area contributed by atoms with Crippen molar-refractivity contribution in [1.29, 1.82) is 0 Å². The van der Waals surface area contributed by atoms with Crippen LogP contribution in [0.5, 0.6) is 5.75 Å². The van der Waals surface area contributed by atoms with Crippen LogP contribution in [0.2, 0.25) is 5.02 Å². The summed E-state index contributed by atoms with van der Waals surface area (Å²) in [6.07, 6.45) is 2.41. The van der Waals surface area contributed by atoms with E-state index in [2.05, 4.69) is 4.98 Å². The molecule has 1 aliphatic rings. The fraction of sp³-hybridized carbons (Fsp3) is 0.174. The average Bonchev–Trinajstić information content (AvgIpc) is 3.39. The minimum atomic E-state index is -0.841. The second kappa shape index (κ2) is 8.91. The Balaban J connectivity index is 1.88. The number of aliphatic hydroxyl groups is 1. The highest BCUT2D eigenvalue weighted by molar-refractivity contribution is 7.14. The van der Waals surface area contributed by atoms with Crippen LogP contribution in [0.3, 0.4) is 0 Å². The number of carbonyl (C=O) groups excluding carboxylic acids is 2. The second-order valence-corrected chi connectivity index (χ2v) is 8.22. The molecule has 2 heterocycles. The second-order valence-electron chi connectivity index (χ2n) is 6.91. The number of carbonyl (C=O) groups is 2. The molecule has 1 fully saturated rings. The number of thiazole rings is 1. The van der Waals surface area contributed by atoms with Gasteiger partial charge in [0.25, 0.3) is 5.78 Å². The smallest absolute Gasteiger partial charge is 0.301 e. The lowest BCUT2D eigenvalue weighted by Crippen LogP contribution is -2.29. The number of rotatable bonds is 6. The predicted octanol–water partition coefficient (Wildman–Crippen LogP) is 5.21. The SMILES string of the molecule is CCCOc1cccc(C2C(=C(O)c3ccc(Cl)cc3)C(=O)C(=O)N2c2nccs2)c1. The summed E-state index contributed by atoms with van der Waals surface area (Å²) in [6, 6.07) is 12.8. The molecule has 0 spiro atoms. The summed E-state index contributed by atoms with van der Waals surface area (Å²) in [6.45, 7) is 2.55. The van der Waals surface area contributed by atoms with Gasteiger partial charge in [0, 0.05) is 22.2 Å². The lowest BCUT2D eigenvalue weighted by molar-refractivity contribution is -0.132. The number of halogens is 1. The molecule has 1 aliphatic heterocycles. The average molecular weight is 455 g/mol. The van der Waals surface area contributed by atoms with Crippen molar-refractivity contribution in [2.45, 2.75) is 19.4 Å². The summed E-state index contributed by atoms with van der Waals surface area (Å²) in [5, 5.41) is 13.6. The van der Waals surface area contributed by atoms with Gasteiger partial charge in [0.1, 0.15) is 11.5 Å². The highest BCUT2D eigenvalue weighted by Crippen LogP contribution is 2.43. The van der Waals surface area contributed by atoms with Gasteiger partial charge in [-0.3, -0.25) is 14.5 Å². The summed E-state index contributed by atoms with van der Waals surface area (Å²) in [5.41, 5.74) is 1.03. The number of amides is 1. The molecule has 1 aromatic heterocycles. The van der Waals surface area contributed by atoms with Gasteiger partial charge in [-0.05, 0) is 48.4 Å². The molecule has 0 radical (unpaired) electrons. The molecule has 31 heavy (non-hydrogen) atoms. The summed E-state index contributed by atoms with van der Waals surface area (Å²) < 4.78 is 5.73. The Kier molecular flexibility index (Phi) is 6.06. The Morgan fingerprint density at radius 2 is 2.00 bits per heavy atom. The molecule has 8 heteroatoms. The minimum Gasteiger partial charge on any atom is -0.507 e. The largest absolute Gasteiger partial charge is 0.507 e. The van der Waals surface area contributed by atoms with E-state index >= 15 is 0 Å². The maximum absolute atomic E-state index is 13.0. The van der Waals surface area contributed by atoms with E-state index in [1.54, 1.807) is 54.0 Å². The van der Waals surface area contributed by atoms with E-state index in [1.165, 1.54) is 16.2 Å². The van der Waals surface area contributed by atoms with Gasteiger partial charge in [-0.15, -0.1) is 11.3 Å². The van der Waals surface area contributed by atoms with Crippen molar-refractivity contribution in [3.05, 3.63) is 81.8 Å². The zero-order chi connectivity index (χ0) is 22.0. The predicted molar refractivity (Wildman–Crippen MR) is 121 cm³/mol. The van der Waals surface area contributed by atoms with Crippen molar-refractivity contribution < 1.29 is 19.4 Å². The Morgan fingerprint density at radius 1 is 1.23 bits per heavy atom. The highest BCUT2D eigenvalue weighted by atomic mass is 35.5. The lowest BCUT2D eigenvalue weighted by atomic mass is 9.95. The molecule has 3 aromatic rings. The van der Waals surface area contributed by atoms with E-state index in [0.717, 1.165) is 6.42 Å². The fourth-order valence-electron chi connectivity index (χ4n) is 3.44. The molecule has 0 aliphatic carbocycles. The van der Waals surface area contributed by atoms with Gasteiger partial charge in [0.2, 0.25) is 0 Å². The van der Waals surface area contributed by atoms with E-state index in [4.69, 9.17) is 16.3 Å². The molecule has 158 valence electrons. The molecular weight excluding hydrogens is 436 g/mol. The van der Waals surface area contributed by atoms with Gasteiger partial charge in [-0.1, -0.05) is 30.7 Å². The van der Waals surface area contributed by atoms with Crippen molar-refractivity contribution >= 4 is 45.5 Å². The highest BCUT2D eigenvalue weighted by Gasteiger charge is 2.48. The number of Topliss-reactive ketones (excluding diaryl/α,β-unsaturated/α-hetero) is 1. The van der Waals surface area contributed by atoms with Gasteiger partial charge in [-0.25, -0.2) is 4.98 Å². The van der Waals surface area contributed by atoms with E-state index < -0.39 is 17.7 Å². The third-order valence-electron chi connectivity index (χ3n) is 4.83. The minimum absolute atomic E-state index is 0.00448. The number of anilines is 1. The van der Waals surface area contributed by atoms with Crippen LogP contribution < -0.4 is 9.64 Å². The summed E-state index contributed by atoms with van der Waals surface area (Å²) >= 11 is 7.20. The number of ether oxygens (including phenoxy) is 1. The zero-order valence-corrected chi connectivity index (χ0v) is 18.2. The first-order chi connectivity index (χ1) is 15.0. The zero-order valence-electron chi connectivity index (χ0n) is 16.6. The molecule has 1 N–H and O–H groups in total. The first-order valence-corrected chi connectivity index (χ1v) is 11.0. The van der Waals surface area contributed by atoms with Crippen LogP contribution in [0, 0.1) is 0 Å². The number of hydrogen-bond acceptors (Lipinski definition) is 6. The van der Waals surface area contributed by atoms with Gasteiger partial charge >= 0.3 is 5.91 Å². The quantitative estimate of drug-likeness (QED) is 0.314. The van der Waals surface area contributed by atoms with Gasteiger partial charge in [-0.2, -0.15) is 0 Å². The van der Waals surface area contributed by atoms with E-state index in [1.807, 2.05) is 13.0 Å². The van der Waals surface area contributed by atoms with Crippen LogP contribution in [0.25, 0.3) is 5.76 Å². The first kappa shape index (κ1) is 21.1. The third-order valence-corrected chi connectivity index (χ3v) is 5.86. The first-order valence-electron chi connectivity index (χ1n) is 9.70. The van der Waals surface area contributed by atoms with Crippen LogP contribution in [-0.4, -0.2) is 28.4 Å². The summed E-state index contributed by atoms with van der Waals surface area (Å²) in [4.78, 5) is 31.6. The molecule has 2 aromatic carbocycles. The number of benzene rings is 2. The molecule has 6 nitrogen and oxygen atoms in total. The Morgan fingerprint density at radius 3 is 2.68 bits per heavy atom. The number of aliphatic hydroxyl groups excluding tert-OH is 1. The van der Waals surface area contributed by atoms with E-state index in [9.17, 15) is 14.7 Å². The Bertz CT molecular complexity index is 1140. The van der Waals surface area contributed by atoms with Crippen molar-refractivity contribution in [2.75, 3.05) is 11.5 Å². The molecule has 4 rings (SSSR count). The van der Waals surface area contributed by atoms with Crippen LogP contribution in [-0.2, 0) is 9.59 Å². The van der Waals surface area contributed by atoms with Crippen molar-refractivity contribution in [2.24, 2.45) is 0 Å². The van der Waals surface area contributed by atoms with Crippen LogP contribution in [0.15, 0.2) is 65.7 Å². The fourth-order valence-corrected chi connectivity index (χ4v) is 4.23. The number of hydrogen-bond donors (Lipinski definition) is 1. The molecule has 0 bridgehead atoms.